The van der Waals surface area contributed by atoms with E-state index in [4.69, 9.17) is 18.9 Å². The molecule has 0 amide bonds. The zero-order chi connectivity index (χ0) is 21.4. The van der Waals surface area contributed by atoms with E-state index < -0.39 is 12.2 Å². The van der Waals surface area contributed by atoms with Crippen LogP contribution in [0.25, 0.3) is 22.1 Å². The smallest absolute Gasteiger partial charge is 0.163 e. The van der Waals surface area contributed by atoms with Gasteiger partial charge in [-0.15, -0.1) is 0 Å². The highest BCUT2D eigenvalue weighted by molar-refractivity contribution is 5.81. The normalized spacial score (nSPS) is 13.4. The van der Waals surface area contributed by atoms with Crippen LogP contribution in [-0.2, 0) is 0 Å². The number of aliphatic hydroxyl groups is 2. The minimum absolute atomic E-state index is 0.184. The molecule has 10 nitrogen and oxygen atoms in total. The van der Waals surface area contributed by atoms with Crippen LogP contribution in [-0.4, -0.2) is 58.6 Å². The van der Waals surface area contributed by atoms with Crippen LogP contribution in [0, 0.1) is 0 Å². The first-order chi connectivity index (χ1) is 14.5. The van der Waals surface area contributed by atoms with Crippen molar-refractivity contribution in [2.45, 2.75) is 12.2 Å². The summed E-state index contributed by atoms with van der Waals surface area (Å²) in [5, 5.41) is 21.4. The van der Waals surface area contributed by atoms with E-state index >= 15 is 0 Å². The van der Waals surface area contributed by atoms with E-state index in [1.807, 2.05) is 0 Å². The number of nitrogens with zero attached hydrogens (tertiary/aromatic N) is 2. The Balaban J connectivity index is 1.68. The Morgan fingerprint density at radius 2 is 0.967 bits per heavy atom. The summed E-state index contributed by atoms with van der Waals surface area (Å²) < 4.78 is 21.1. The molecule has 2 heterocycles. The molecule has 0 aliphatic rings. The minimum Gasteiger partial charge on any atom is -0.493 e. The average Bonchev–Trinajstić information content (AvgIpc) is 3.38. The molecule has 2 aromatic heterocycles. The molecule has 0 unspecified atom stereocenters. The molecule has 0 bridgehead atoms. The largest absolute Gasteiger partial charge is 0.493 e. The van der Waals surface area contributed by atoms with Gasteiger partial charge in [-0.2, -0.15) is 0 Å². The fraction of sp³-hybridized carbons (Fsp3) is 0.300. The average molecular weight is 414 g/mol. The molecule has 30 heavy (non-hydrogen) atoms. The van der Waals surface area contributed by atoms with E-state index in [9.17, 15) is 10.2 Å². The molecule has 0 saturated carbocycles. The molecule has 0 fully saturated rings. The maximum Gasteiger partial charge on any atom is 0.163 e. The highest BCUT2D eigenvalue weighted by atomic mass is 16.5. The fourth-order valence-corrected chi connectivity index (χ4v) is 3.29. The minimum atomic E-state index is -1.35. The van der Waals surface area contributed by atoms with Crippen molar-refractivity contribution in [3.63, 3.8) is 0 Å². The summed E-state index contributed by atoms with van der Waals surface area (Å²) in [5.41, 5.74) is 2.39. The third kappa shape index (κ3) is 3.25. The first-order valence-electron chi connectivity index (χ1n) is 9.08. The van der Waals surface area contributed by atoms with Crippen molar-refractivity contribution in [1.29, 1.82) is 0 Å². The maximum absolute atomic E-state index is 10.7. The van der Waals surface area contributed by atoms with Crippen molar-refractivity contribution in [3.8, 4) is 23.0 Å². The zero-order valence-electron chi connectivity index (χ0n) is 16.9. The summed E-state index contributed by atoms with van der Waals surface area (Å²) in [4.78, 5) is 14.7. The Morgan fingerprint density at radius 1 is 0.633 bits per heavy atom. The highest BCUT2D eigenvalue weighted by Crippen LogP contribution is 2.35. The first-order valence-corrected chi connectivity index (χ1v) is 9.08. The summed E-state index contributed by atoms with van der Waals surface area (Å²) in [7, 11) is 6.12. The highest BCUT2D eigenvalue weighted by Gasteiger charge is 2.27. The Bertz CT molecular complexity index is 1030. The lowest BCUT2D eigenvalue weighted by Crippen LogP contribution is -2.13. The van der Waals surface area contributed by atoms with Crippen LogP contribution >= 0.6 is 0 Å². The van der Waals surface area contributed by atoms with Crippen molar-refractivity contribution in [2.75, 3.05) is 28.4 Å². The maximum atomic E-state index is 10.7. The monoisotopic (exact) mass is 414 g/mol. The third-order valence-corrected chi connectivity index (χ3v) is 4.87. The summed E-state index contributed by atoms with van der Waals surface area (Å²) in [6.07, 6.45) is -2.70. The number of rotatable bonds is 7. The van der Waals surface area contributed by atoms with Gasteiger partial charge in [0.05, 0.1) is 50.5 Å². The number of aromatic nitrogens is 4. The number of methoxy groups -OCH3 is 4. The molecule has 2 atom stereocenters. The van der Waals surface area contributed by atoms with E-state index in [0.29, 0.717) is 45.1 Å². The molecule has 4 aromatic rings. The number of H-pyrrole nitrogens is 2. The second-order valence-corrected chi connectivity index (χ2v) is 6.58. The number of fused-ring (bicyclic) bond motifs is 2. The molecule has 2 aromatic carbocycles. The van der Waals surface area contributed by atoms with Gasteiger partial charge in [-0.25, -0.2) is 9.97 Å². The Kier molecular flexibility index (Phi) is 5.10. The van der Waals surface area contributed by atoms with Gasteiger partial charge in [-0.1, -0.05) is 0 Å². The van der Waals surface area contributed by atoms with Gasteiger partial charge in [0.2, 0.25) is 0 Å². The molecule has 0 saturated heterocycles. The molecule has 4 rings (SSSR count). The lowest BCUT2D eigenvalue weighted by atomic mass is 10.2. The Morgan fingerprint density at radius 3 is 1.30 bits per heavy atom. The van der Waals surface area contributed by atoms with Gasteiger partial charge in [0.1, 0.15) is 23.9 Å². The SMILES string of the molecule is COc1cc2nc([C@@H](O)[C@@H](O)c3nc4cc(OC)c(OC)cc4[nH]3)[nH]c2cc1OC. The fourth-order valence-electron chi connectivity index (χ4n) is 3.29. The number of benzene rings is 2. The summed E-state index contributed by atoms with van der Waals surface area (Å²) in [6.45, 7) is 0. The number of hydrogen-bond donors (Lipinski definition) is 4. The second-order valence-electron chi connectivity index (χ2n) is 6.58. The van der Waals surface area contributed by atoms with Gasteiger partial charge >= 0.3 is 0 Å². The lowest BCUT2D eigenvalue weighted by Gasteiger charge is -2.13. The zero-order valence-corrected chi connectivity index (χ0v) is 16.9. The van der Waals surface area contributed by atoms with Crippen LogP contribution < -0.4 is 18.9 Å². The molecule has 0 radical (unpaired) electrons. The van der Waals surface area contributed by atoms with E-state index in [2.05, 4.69) is 19.9 Å². The van der Waals surface area contributed by atoms with Gasteiger partial charge in [0.25, 0.3) is 0 Å². The summed E-state index contributed by atoms with van der Waals surface area (Å²) in [6, 6.07) is 6.80. The van der Waals surface area contributed by atoms with Crippen molar-refractivity contribution in [3.05, 3.63) is 35.9 Å². The van der Waals surface area contributed by atoms with Crippen molar-refractivity contribution >= 4 is 22.1 Å². The van der Waals surface area contributed by atoms with E-state index in [1.165, 1.54) is 28.4 Å². The number of aromatic amines is 2. The van der Waals surface area contributed by atoms with E-state index in [0.717, 1.165) is 0 Å². The molecule has 0 spiro atoms. The van der Waals surface area contributed by atoms with Crippen LogP contribution in [0.4, 0.5) is 0 Å². The first kappa shape index (κ1) is 19.8. The quantitative estimate of drug-likeness (QED) is 0.362. The molecule has 4 N–H and O–H groups in total. The van der Waals surface area contributed by atoms with E-state index in [1.54, 1.807) is 24.3 Å². The van der Waals surface area contributed by atoms with Crippen LogP contribution in [0.2, 0.25) is 0 Å². The van der Waals surface area contributed by atoms with Crippen molar-refractivity contribution < 1.29 is 29.2 Å². The third-order valence-electron chi connectivity index (χ3n) is 4.87. The van der Waals surface area contributed by atoms with Gasteiger partial charge in [0, 0.05) is 24.3 Å². The van der Waals surface area contributed by atoms with E-state index in [-0.39, 0.29) is 11.6 Å². The molecule has 0 aliphatic heterocycles. The van der Waals surface area contributed by atoms with Gasteiger partial charge in [-0.05, 0) is 0 Å². The predicted octanol–water partition coefficient (Wildman–Crippen LogP) is 2.24. The Hall–Kier alpha value is -3.50. The topological polar surface area (TPSA) is 135 Å². The van der Waals surface area contributed by atoms with Gasteiger partial charge in [-0.3, -0.25) is 0 Å². The number of ether oxygens (including phenoxy) is 4. The second kappa shape index (κ2) is 7.73. The number of aliphatic hydroxyl groups excluding tert-OH is 2. The number of imidazole rings is 2. The molecular weight excluding hydrogens is 392 g/mol. The molecule has 0 aliphatic carbocycles. The standard InChI is InChI=1S/C20H22N4O6/c1-27-13-5-9-10(6-14(13)28-2)22-19(21-9)17(25)18(26)20-23-11-7-15(29-3)16(30-4)8-12(11)24-20/h5-8,17-18,25-26H,1-4H3,(H,21,22)(H,23,24)/t17-,18+. The molecular formula is C20H22N4O6. The summed E-state index contributed by atoms with van der Waals surface area (Å²) >= 11 is 0. The lowest BCUT2D eigenvalue weighted by molar-refractivity contribution is 0.00779. The number of nitrogens with one attached hydrogen (secondary N) is 2. The van der Waals surface area contributed by atoms with Gasteiger partial charge < -0.3 is 39.1 Å². The van der Waals surface area contributed by atoms with Gasteiger partial charge in [0.15, 0.2) is 23.0 Å². The van der Waals surface area contributed by atoms with Crippen LogP contribution in [0.5, 0.6) is 23.0 Å². The number of hydrogen-bond acceptors (Lipinski definition) is 8. The predicted molar refractivity (Wildman–Crippen MR) is 108 cm³/mol. The van der Waals surface area contributed by atoms with Crippen LogP contribution in [0.15, 0.2) is 24.3 Å². The molecule has 10 heteroatoms. The van der Waals surface area contributed by atoms with Crippen LogP contribution in [0.3, 0.4) is 0 Å². The molecule has 158 valence electrons. The van der Waals surface area contributed by atoms with Crippen LogP contribution in [0.1, 0.15) is 23.9 Å². The Labute approximate surface area is 171 Å². The van der Waals surface area contributed by atoms with Crippen molar-refractivity contribution in [2.24, 2.45) is 0 Å². The summed E-state index contributed by atoms with van der Waals surface area (Å²) in [5.74, 6) is 2.44. The van der Waals surface area contributed by atoms with Crippen molar-refractivity contribution in [1.82, 2.24) is 19.9 Å².